The number of aliphatic hydroxyl groups excluding tert-OH is 1. The Labute approximate surface area is 146 Å². The van der Waals surface area contributed by atoms with Gasteiger partial charge in [-0.15, -0.1) is 0 Å². The summed E-state index contributed by atoms with van der Waals surface area (Å²) in [5, 5.41) is 9.42. The molecule has 1 aromatic carbocycles. The summed E-state index contributed by atoms with van der Waals surface area (Å²) in [5.41, 5.74) is 7.99. The van der Waals surface area contributed by atoms with Crippen LogP contribution < -0.4 is 5.73 Å². The van der Waals surface area contributed by atoms with Gasteiger partial charge in [-0.2, -0.15) is 0 Å². The molecule has 0 aliphatic heterocycles. The number of aliphatic hydroxyl groups is 1. The van der Waals surface area contributed by atoms with Crippen LogP contribution in [0.15, 0.2) is 24.3 Å². The lowest BCUT2D eigenvalue weighted by molar-refractivity contribution is 0.0817. The first-order valence-electron chi connectivity index (χ1n) is 10.2. The second-order valence-corrected chi connectivity index (χ2v) is 6.54. The van der Waals surface area contributed by atoms with Gasteiger partial charge < -0.3 is 15.6 Å². The van der Waals surface area contributed by atoms with E-state index in [-0.39, 0.29) is 6.61 Å². The molecule has 0 saturated heterocycles. The summed E-state index contributed by atoms with van der Waals surface area (Å²) in [7, 11) is 1.60. The van der Waals surface area contributed by atoms with Crippen molar-refractivity contribution in [3.8, 4) is 0 Å². The van der Waals surface area contributed by atoms with Crippen LogP contribution in [0, 0.1) is 0 Å². The van der Waals surface area contributed by atoms with E-state index in [2.05, 4.69) is 24.3 Å². The van der Waals surface area contributed by atoms with Gasteiger partial charge in [-0.1, -0.05) is 63.2 Å². The topological polar surface area (TPSA) is 55.5 Å². The quantitative estimate of drug-likeness (QED) is 0.542. The highest BCUT2D eigenvalue weighted by Crippen LogP contribution is 2.15. The summed E-state index contributed by atoms with van der Waals surface area (Å²) in [5.74, 6) is 0. The highest BCUT2D eigenvalue weighted by molar-refractivity contribution is 5.23. The lowest BCUT2D eigenvalue weighted by atomic mass is 9.93. The van der Waals surface area contributed by atoms with Crippen molar-refractivity contribution in [1.29, 1.82) is 0 Å². The molecule has 1 unspecified atom stereocenters. The number of aryl methyl sites for hydroxylation is 2. The molecule has 3 heteroatoms. The lowest BCUT2D eigenvalue weighted by Crippen LogP contribution is -2.48. The Kier molecular flexibility index (Phi) is 7.88. The number of unbranched alkanes of at least 4 members (excludes halogenated alkanes) is 4. The van der Waals surface area contributed by atoms with E-state index in [9.17, 15) is 5.11 Å². The van der Waals surface area contributed by atoms with Crippen LogP contribution in [-0.4, -0.2) is 31.0 Å². The van der Waals surface area contributed by atoms with Gasteiger partial charge in [0.15, 0.2) is 0 Å². The molecular formula is C20H35NO2. The Hall–Kier alpha value is -0.900. The van der Waals surface area contributed by atoms with E-state index in [1.54, 1.807) is 7.11 Å². The number of nitrogens with two attached hydrogens (primary N) is 1. The van der Waals surface area contributed by atoms with Crippen LogP contribution in [0.5, 0.6) is 0 Å². The highest BCUT2D eigenvalue weighted by atomic mass is 16.5. The smallest absolute Gasteiger partial charge is 0.0665 e. The van der Waals surface area contributed by atoms with E-state index >= 15 is 0 Å². The monoisotopic (exact) mass is 324 g/mol. The van der Waals surface area contributed by atoms with Crippen LogP contribution in [0.2, 0.25) is 0 Å². The Morgan fingerprint density at radius 3 is 2.26 bits per heavy atom. The largest absolute Gasteiger partial charge is 0.394 e. The summed E-state index contributed by atoms with van der Waals surface area (Å²) >= 11 is 0. The molecular weight excluding hydrogens is 286 g/mol. The lowest BCUT2D eigenvalue weighted by Gasteiger charge is -2.26. The Bertz CT molecular complexity index is 491. The summed E-state index contributed by atoms with van der Waals surface area (Å²) in [6.07, 6.45) is 8.09. The fraction of sp³-hybridized carbons (Fsp3) is 0.700. The van der Waals surface area contributed by atoms with Crippen molar-refractivity contribution in [2.75, 3.05) is 20.3 Å². The van der Waals surface area contributed by atoms with E-state index in [0.29, 0.717) is 19.4 Å². The van der Waals surface area contributed by atoms with Crippen molar-refractivity contribution in [2.24, 2.45) is 5.73 Å². The molecule has 1 atom stereocenters. The number of benzene rings is 1. The molecule has 3 N–H and O–H groups in total. The van der Waals surface area contributed by atoms with Gasteiger partial charge >= 0.3 is 0 Å². The van der Waals surface area contributed by atoms with Gasteiger partial charge in [0, 0.05) is 11.2 Å². The fourth-order valence-corrected chi connectivity index (χ4v) is 2.73. The number of rotatable bonds is 13. The van der Waals surface area contributed by atoms with Gasteiger partial charge in [0.05, 0.1) is 18.8 Å². The van der Waals surface area contributed by atoms with Crippen molar-refractivity contribution < 1.29 is 14.0 Å². The van der Waals surface area contributed by atoms with Gasteiger partial charge in [-0.3, -0.25) is 0 Å². The number of hydrogen-bond donors (Lipinski definition) is 2. The minimum absolute atomic E-state index is 0.0781. The molecule has 3 nitrogen and oxygen atoms in total. The van der Waals surface area contributed by atoms with Gasteiger partial charge in [-0.25, -0.2) is 0 Å². The molecule has 0 heterocycles. The molecule has 0 aliphatic carbocycles. The molecule has 1 aromatic rings. The molecule has 23 heavy (non-hydrogen) atoms. The molecule has 0 radical (unpaired) electrons. The van der Waals surface area contributed by atoms with Crippen molar-refractivity contribution in [2.45, 2.75) is 70.2 Å². The SMILES string of the molecule is [2H]C([2H])([2H])CCCCCCCc1ccc(CCC(N)(CO)COC)cc1. The van der Waals surface area contributed by atoms with E-state index in [4.69, 9.17) is 14.6 Å². The molecule has 0 fully saturated rings. The number of hydrogen-bond acceptors (Lipinski definition) is 3. The zero-order valence-electron chi connectivity index (χ0n) is 17.5. The minimum atomic E-state index is -1.77. The average molecular weight is 325 g/mol. The first kappa shape index (κ1) is 15.6. The maximum atomic E-state index is 9.42. The Morgan fingerprint density at radius 1 is 1.04 bits per heavy atom. The zero-order valence-corrected chi connectivity index (χ0v) is 14.5. The predicted molar refractivity (Wildman–Crippen MR) is 97.7 cm³/mol. The maximum absolute atomic E-state index is 9.42. The molecule has 132 valence electrons. The molecule has 0 spiro atoms. The van der Waals surface area contributed by atoms with Gasteiger partial charge in [0.2, 0.25) is 0 Å². The van der Waals surface area contributed by atoms with E-state index in [0.717, 1.165) is 44.9 Å². The van der Waals surface area contributed by atoms with Gasteiger partial charge in [-0.05, 0) is 36.8 Å². The van der Waals surface area contributed by atoms with Crippen LogP contribution in [0.25, 0.3) is 0 Å². The van der Waals surface area contributed by atoms with Crippen LogP contribution >= 0.6 is 0 Å². The second-order valence-electron chi connectivity index (χ2n) is 6.54. The molecule has 0 saturated carbocycles. The van der Waals surface area contributed by atoms with E-state index in [1.165, 1.54) is 11.1 Å². The van der Waals surface area contributed by atoms with E-state index < -0.39 is 12.4 Å². The molecule has 1 rings (SSSR count). The minimum Gasteiger partial charge on any atom is -0.394 e. The van der Waals surface area contributed by atoms with E-state index in [1.807, 2.05) is 0 Å². The normalized spacial score (nSPS) is 16.4. The maximum Gasteiger partial charge on any atom is 0.0665 e. The summed E-state index contributed by atoms with van der Waals surface area (Å²) in [4.78, 5) is 0. The van der Waals surface area contributed by atoms with Crippen molar-refractivity contribution in [3.63, 3.8) is 0 Å². The van der Waals surface area contributed by atoms with Crippen LogP contribution in [0.1, 0.15) is 67.0 Å². The standard InChI is InChI=1S/C20H35NO2/c1-3-4-5-6-7-8-9-18-10-12-19(13-11-18)14-15-20(21,16-22)17-23-2/h10-13,22H,3-9,14-17,21H2,1-2H3/i1D3. The van der Waals surface area contributed by atoms with Gasteiger partial charge in [0.1, 0.15) is 0 Å². The molecule has 0 amide bonds. The first-order valence-corrected chi connectivity index (χ1v) is 8.74. The zero-order chi connectivity index (χ0) is 19.5. The van der Waals surface area contributed by atoms with Crippen LogP contribution in [0.4, 0.5) is 0 Å². The Morgan fingerprint density at radius 2 is 1.65 bits per heavy atom. The highest BCUT2D eigenvalue weighted by Gasteiger charge is 2.23. The summed E-state index contributed by atoms with van der Waals surface area (Å²) in [6.45, 7) is -1.49. The second kappa shape index (κ2) is 11.6. The van der Waals surface area contributed by atoms with Crippen molar-refractivity contribution >= 4 is 0 Å². The van der Waals surface area contributed by atoms with Crippen molar-refractivity contribution in [3.05, 3.63) is 35.4 Å². The third kappa shape index (κ3) is 8.50. The summed E-state index contributed by atoms with van der Waals surface area (Å²) < 4.78 is 26.6. The molecule has 0 aliphatic rings. The molecule has 0 bridgehead atoms. The fourth-order valence-electron chi connectivity index (χ4n) is 2.73. The predicted octanol–water partition coefficient (Wildman–Crippen LogP) is 3.86. The third-order valence-corrected chi connectivity index (χ3v) is 4.32. The van der Waals surface area contributed by atoms with Crippen LogP contribution in [0.3, 0.4) is 0 Å². The third-order valence-electron chi connectivity index (χ3n) is 4.32. The van der Waals surface area contributed by atoms with Crippen LogP contribution in [-0.2, 0) is 17.6 Å². The summed E-state index contributed by atoms with van der Waals surface area (Å²) in [6, 6.07) is 8.60. The van der Waals surface area contributed by atoms with Crippen molar-refractivity contribution in [1.82, 2.24) is 0 Å². The average Bonchev–Trinajstić information content (AvgIpc) is 2.59. The first-order chi connectivity index (χ1) is 12.3. The molecule has 0 aromatic heterocycles. The van der Waals surface area contributed by atoms with Gasteiger partial charge in [0.25, 0.3) is 0 Å². The number of ether oxygens (including phenoxy) is 1. The number of methoxy groups -OCH3 is 1. The Balaban J connectivity index is 2.22.